The first-order valence-corrected chi connectivity index (χ1v) is 5.97. The molecule has 1 aliphatic rings. The minimum absolute atomic E-state index is 0.248. The van der Waals surface area contributed by atoms with Crippen molar-refractivity contribution in [2.24, 2.45) is 0 Å². The lowest BCUT2D eigenvalue weighted by molar-refractivity contribution is 0.263. The molecular formula is C14H20O2. The lowest BCUT2D eigenvalue weighted by atomic mass is 9.82. The molecule has 1 unspecified atom stereocenters. The monoisotopic (exact) mass is 220 g/mol. The summed E-state index contributed by atoms with van der Waals surface area (Å²) in [5, 5.41) is 0. The van der Waals surface area contributed by atoms with Crippen LogP contribution < -0.4 is 4.74 Å². The zero-order chi connectivity index (χ0) is 11.6. The van der Waals surface area contributed by atoms with Gasteiger partial charge < -0.3 is 9.47 Å². The van der Waals surface area contributed by atoms with E-state index in [1.807, 2.05) is 0 Å². The van der Waals surface area contributed by atoms with Crippen molar-refractivity contribution in [1.82, 2.24) is 0 Å². The fourth-order valence-corrected chi connectivity index (χ4v) is 1.56. The van der Waals surface area contributed by atoms with Gasteiger partial charge in [0.25, 0.3) is 0 Å². The van der Waals surface area contributed by atoms with Gasteiger partial charge in [-0.15, -0.1) is 0 Å². The van der Waals surface area contributed by atoms with Crippen molar-refractivity contribution in [3.63, 3.8) is 0 Å². The molecule has 1 atom stereocenters. The molecule has 2 nitrogen and oxygen atoms in total. The fraction of sp³-hybridized carbons (Fsp3) is 0.571. The Morgan fingerprint density at radius 3 is 2.44 bits per heavy atom. The summed E-state index contributed by atoms with van der Waals surface area (Å²) < 4.78 is 10.7. The van der Waals surface area contributed by atoms with Gasteiger partial charge in [0.1, 0.15) is 18.5 Å². The summed E-state index contributed by atoms with van der Waals surface area (Å²) in [5.74, 6) is 0.936. The lowest BCUT2D eigenvalue weighted by Crippen LogP contribution is -2.15. The molecule has 0 amide bonds. The van der Waals surface area contributed by atoms with E-state index in [4.69, 9.17) is 9.47 Å². The molecule has 1 aromatic rings. The van der Waals surface area contributed by atoms with Crippen LogP contribution in [-0.2, 0) is 10.2 Å². The van der Waals surface area contributed by atoms with Gasteiger partial charge in [-0.2, -0.15) is 0 Å². The summed E-state index contributed by atoms with van der Waals surface area (Å²) in [6.45, 7) is 8.27. The molecule has 0 saturated carbocycles. The molecule has 16 heavy (non-hydrogen) atoms. The molecule has 1 heterocycles. The Kier molecular flexibility index (Phi) is 3.20. The molecule has 0 aromatic heterocycles. The van der Waals surface area contributed by atoms with Gasteiger partial charge in [0, 0.05) is 0 Å². The highest BCUT2D eigenvalue weighted by molar-refractivity contribution is 5.31. The van der Waals surface area contributed by atoms with E-state index in [-0.39, 0.29) is 5.41 Å². The van der Waals surface area contributed by atoms with Gasteiger partial charge >= 0.3 is 0 Å². The third-order valence-electron chi connectivity index (χ3n) is 3.36. The van der Waals surface area contributed by atoms with Crippen LogP contribution in [0.25, 0.3) is 0 Å². The maximum atomic E-state index is 5.61. The molecule has 2 rings (SSSR count). The van der Waals surface area contributed by atoms with Gasteiger partial charge in [-0.25, -0.2) is 0 Å². The van der Waals surface area contributed by atoms with Crippen molar-refractivity contribution in [2.75, 3.05) is 13.2 Å². The predicted molar refractivity (Wildman–Crippen MR) is 65.0 cm³/mol. The highest BCUT2D eigenvalue weighted by Crippen LogP contribution is 2.28. The normalized spacial score (nSPS) is 19.6. The molecular weight excluding hydrogens is 200 g/mol. The van der Waals surface area contributed by atoms with Crippen molar-refractivity contribution in [1.29, 1.82) is 0 Å². The number of hydrogen-bond acceptors (Lipinski definition) is 2. The summed E-state index contributed by atoms with van der Waals surface area (Å²) in [7, 11) is 0. The third kappa shape index (κ3) is 2.76. The van der Waals surface area contributed by atoms with Crippen LogP contribution in [0, 0.1) is 0 Å². The summed E-state index contributed by atoms with van der Waals surface area (Å²) in [5.41, 5.74) is 1.61. The van der Waals surface area contributed by atoms with Crippen LogP contribution >= 0.6 is 0 Å². The van der Waals surface area contributed by atoms with Crippen molar-refractivity contribution >= 4 is 0 Å². The van der Waals surface area contributed by atoms with E-state index < -0.39 is 0 Å². The first kappa shape index (κ1) is 11.5. The van der Waals surface area contributed by atoms with Crippen LogP contribution in [0.4, 0.5) is 0 Å². The van der Waals surface area contributed by atoms with E-state index in [1.165, 1.54) is 5.56 Å². The molecule has 1 saturated heterocycles. The largest absolute Gasteiger partial charge is 0.491 e. The minimum Gasteiger partial charge on any atom is -0.491 e. The smallest absolute Gasteiger partial charge is 0.119 e. The molecule has 1 aliphatic heterocycles. The van der Waals surface area contributed by atoms with Crippen LogP contribution in [0.15, 0.2) is 24.3 Å². The maximum Gasteiger partial charge on any atom is 0.119 e. The van der Waals surface area contributed by atoms with Gasteiger partial charge in [0.05, 0.1) is 6.61 Å². The molecule has 1 fully saturated rings. The Morgan fingerprint density at radius 1 is 1.31 bits per heavy atom. The van der Waals surface area contributed by atoms with Gasteiger partial charge in [-0.1, -0.05) is 32.9 Å². The number of ether oxygens (including phenoxy) is 2. The molecule has 0 spiro atoms. The number of hydrogen-bond donors (Lipinski definition) is 0. The van der Waals surface area contributed by atoms with Gasteiger partial charge in [0.2, 0.25) is 0 Å². The molecule has 1 aromatic carbocycles. The Morgan fingerprint density at radius 2 is 1.94 bits per heavy atom. The zero-order valence-corrected chi connectivity index (χ0v) is 10.3. The molecule has 0 N–H and O–H groups in total. The van der Waals surface area contributed by atoms with E-state index in [0.717, 1.165) is 18.8 Å². The van der Waals surface area contributed by atoms with Gasteiger partial charge in [-0.05, 0) is 29.5 Å². The van der Waals surface area contributed by atoms with Gasteiger partial charge in [-0.3, -0.25) is 0 Å². The third-order valence-corrected chi connectivity index (χ3v) is 3.36. The van der Waals surface area contributed by atoms with E-state index in [2.05, 4.69) is 45.0 Å². The van der Waals surface area contributed by atoms with E-state index >= 15 is 0 Å². The van der Waals surface area contributed by atoms with Crippen LogP contribution in [0.2, 0.25) is 0 Å². The Hall–Kier alpha value is -1.02. The maximum absolute atomic E-state index is 5.61. The first-order valence-electron chi connectivity index (χ1n) is 5.97. The Balaban J connectivity index is 1.97. The second-order valence-corrected chi connectivity index (χ2v) is 5.03. The second-order valence-electron chi connectivity index (χ2n) is 5.03. The summed E-state index contributed by atoms with van der Waals surface area (Å²) in [6, 6.07) is 8.42. The summed E-state index contributed by atoms with van der Waals surface area (Å²) in [4.78, 5) is 0. The summed E-state index contributed by atoms with van der Waals surface area (Å²) in [6.07, 6.45) is 1.47. The van der Waals surface area contributed by atoms with E-state index in [9.17, 15) is 0 Å². The molecule has 88 valence electrons. The minimum atomic E-state index is 0.248. The number of epoxide rings is 1. The first-order chi connectivity index (χ1) is 7.62. The Bertz CT molecular complexity index is 336. The number of rotatable bonds is 5. The predicted octanol–water partition coefficient (Wildman–Crippen LogP) is 3.15. The molecule has 0 bridgehead atoms. The van der Waals surface area contributed by atoms with Crippen LogP contribution in [0.5, 0.6) is 5.75 Å². The molecule has 0 radical (unpaired) electrons. The van der Waals surface area contributed by atoms with Crippen LogP contribution in [0.3, 0.4) is 0 Å². The standard InChI is InChI=1S/C14H20O2/c1-4-14(2,3)11-5-7-12(8-6-11)15-9-13-10-16-13/h5-8,13H,4,9-10H2,1-3H3. The molecule has 2 heteroatoms. The van der Waals surface area contributed by atoms with Crippen LogP contribution in [-0.4, -0.2) is 19.3 Å². The number of benzene rings is 1. The SMILES string of the molecule is CCC(C)(C)c1ccc(OCC2CO2)cc1. The van der Waals surface area contributed by atoms with Crippen molar-refractivity contribution in [2.45, 2.75) is 38.7 Å². The quantitative estimate of drug-likeness (QED) is 0.711. The van der Waals surface area contributed by atoms with E-state index in [0.29, 0.717) is 12.7 Å². The van der Waals surface area contributed by atoms with Crippen molar-refractivity contribution in [3.05, 3.63) is 29.8 Å². The van der Waals surface area contributed by atoms with Gasteiger partial charge in [0.15, 0.2) is 0 Å². The van der Waals surface area contributed by atoms with Crippen LogP contribution in [0.1, 0.15) is 32.8 Å². The van der Waals surface area contributed by atoms with Crippen molar-refractivity contribution in [3.8, 4) is 5.75 Å². The second kappa shape index (κ2) is 4.46. The highest BCUT2D eigenvalue weighted by atomic mass is 16.6. The topological polar surface area (TPSA) is 21.8 Å². The fourth-order valence-electron chi connectivity index (χ4n) is 1.56. The zero-order valence-electron chi connectivity index (χ0n) is 10.3. The highest BCUT2D eigenvalue weighted by Gasteiger charge is 2.23. The average molecular weight is 220 g/mol. The van der Waals surface area contributed by atoms with E-state index in [1.54, 1.807) is 0 Å². The molecule has 0 aliphatic carbocycles. The Labute approximate surface area is 97.6 Å². The summed E-state index contributed by atoms with van der Waals surface area (Å²) >= 11 is 0. The average Bonchev–Trinajstić information content (AvgIpc) is 3.11. The lowest BCUT2D eigenvalue weighted by Gasteiger charge is -2.23. The van der Waals surface area contributed by atoms with Crippen molar-refractivity contribution < 1.29 is 9.47 Å².